The summed E-state index contributed by atoms with van der Waals surface area (Å²) < 4.78 is 6.96. The van der Waals surface area contributed by atoms with E-state index in [-0.39, 0.29) is 12.5 Å². The van der Waals surface area contributed by atoms with Crippen molar-refractivity contribution in [2.45, 2.75) is 19.9 Å². The molecule has 1 amide bonds. The van der Waals surface area contributed by atoms with Crippen molar-refractivity contribution in [3.05, 3.63) is 76.8 Å². The van der Waals surface area contributed by atoms with Crippen molar-refractivity contribution in [2.24, 2.45) is 0 Å². The van der Waals surface area contributed by atoms with E-state index in [9.17, 15) is 4.79 Å². The van der Waals surface area contributed by atoms with Crippen LogP contribution in [0.5, 0.6) is 0 Å². The largest absolute Gasteiger partial charge is 0.360 e. The Morgan fingerprint density at radius 3 is 2.66 bits per heavy atom. The molecule has 2 aromatic heterocycles. The lowest BCUT2D eigenvalue weighted by Gasteiger charge is -2.08. The first-order valence-corrected chi connectivity index (χ1v) is 9.41. The summed E-state index contributed by atoms with van der Waals surface area (Å²) in [5, 5.41) is 19.1. The van der Waals surface area contributed by atoms with Crippen LogP contribution in [-0.4, -0.2) is 31.3 Å². The number of carbonyl (C=O) groups excluding carboxylic acids is 1. The molecule has 1 N–H and O–H groups in total. The molecule has 146 valence electrons. The summed E-state index contributed by atoms with van der Waals surface area (Å²) in [6.45, 7) is 2.03. The average molecular weight is 409 g/mol. The van der Waals surface area contributed by atoms with Crippen molar-refractivity contribution in [1.29, 1.82) is 0 Å². The van der Waals surface area contributed by atoms with Gasteiger partial charge >= 0.3 is 0 Å². The zero-order chi connectivity index (χ0) is 20.2. The molecule has 0 aliphatic heterocycles. The van der Waals surface area contributed by atoms with Crippen molar-refractivity contribution < 1.29 is 9.32 Å². The van der Waals surface area contributed by atoms with E-state index in [0.29, 0.717) is 39.8 Å². The number of aromatic nitrogens is 5. The number of nitrogens with one attached hydrogen (secondary N) is 1. The summed E-state index contributed by atoms with van der Waals surface area (Å²) in [7, 11) is 0. The molecule has 0 saturated carbocycles. The highest BCUT2D eigenvalue weighted by atomic mass is 35.5. The van der Waals surface area contributed by atoms with Gasteiger partial charge in [0.25, 0.3) is 5.91 Å². The molecule has 8 nitrogen and oxygen atoms in total. The Balaban J connectivity index is 1.60. The van der Waals surface area contributed by atoms with Crippen LogP contribution in [0.2, 0.25) is 5.02 Å². The molecule has 0 aliphatic rings. The minimum absolute atomic E-state index is 0.136. The minimum atomic E-state index is -0.333. The summed E-state index contributed by atoms with van der Waals surface area (Å²) in [5.41, 5.74) is 2.21. The molecule has 4 aromatic rings. The molecule has 0 unspecified atom stereocenters. The molecule has 4 rings (SSSR count). The third kappa shape index (κ3) is 3.74. The number of halogens is 1. The zero-order valence-corrected chi connectivity index (χ0v) is 16.3. The molecule has 0 aliphatic carbocycles. The first-order valence-electron chi connectivity index (χ1n) is 9.03. The summed E-state index contributed by atoms with van der Waals surface area (Å²) in [4.78, 5) is 13.0. The predicted octanol–water partition coefficient (Wildman–Crippen LogP) is 3.46. The van der Waals surface area contributed by atoms with Crippen LogP contribution in [0, 0.1) is 0 Å². The number of hydrogen-bond acceptors (Lipinski definition) is 6. The van der Waals surface area contributed by atoms with Gasteiger partial charge in [0.15, 0.2) is 5.82 Å². The molecule has 29 heavy (non-hydrogen) atoms. The maximum Gasteiger partial charge on any atom is 0.257 e. The van der Waals surface area contributed by atoms with Gasteiger partial charge in [-0.3, -0.25) is 4.79 Å². The number of amides is 1. The van der Waals surface area contributed by atoms with Crippen LogP contribution < -0.4 is 5.32 Å². The number of aryl methyl sites for hydroxylation is 1. The summed E-state index contributed by atoms with van der Waals surface area (Å²) in [6.07, 6.45) is 0.516. The number of hydrogen-bond donors (Lipinski definition) is 1. The highest BCUT2D eigenvalue weighted by molar-refractivity contribution is 6.33. The topological polar surface area (TPSA) is 98.7 Å². The fourth-order valence-corrected chi connectivity index (χ4v) is 3.20. The first kappa shape index (κ1) is 18.8. The van der Waals surface area contributed by atoms with Crippen LogP contribution in [0.3, 0.4) is 0 Å². The second kappa shape index (κ2) is 8.24. The number of nitrogens with zero attached hydrogens (tertiary/aromatic N) is 5. The van der Waals surface area contributed by atoms with Gasteiger partial charge in [-0.2, -0.15) is 4.68 Å². The van der Waals surface area contributed by atoms with Crippen LogP contribution in [-0.2, 0) is 13.0 Å². The smallest absolute Gasteiger partial charge is 0.257 e. The van der Waals surface area contributed by atoms with E-state index in [1.54, 1.807) is 16.8 Å². The highest BCUT2D eigenvalue weighted by Crippen LogP contribution is 2.31. The summed E-state index contributed by atoms with van der Waals surface area (Å²) in [6, 6.07) is 16.6. The Morgan fingerprint density at radius 2 is 1.90 bits per heavy atom. The Hall–Kier alpha value is -3.52. The van der Waals surface area contributed by atoms with Gasteiger partial charge in [-0.1, -0.05) is 60.1 Å². The molecular formula is C20H17ClN6O2. The lowest BCUT2D eigenvalue weighted by Crippen LogP contribution is -2.25. The number of rotatable bonds is 6. The molecule has 0 saturated heterocycles. The monoisotopic (exact) mass is 408 g/mol. The quantitative estimate of drug-likeness (QED) is 0.524. The second-order valence-corrected chi connectivity index (χ2v) is 6.60. The van der Waals surface area contributed by atoms with Crippen molar-refractivity contribution >= 4 is 17.5 Å². The third-order valence-corrected chi connectivity index (χ3v) is 4.71. The Labute approximate surface area is 171 Å². The maximum atomic E-state index is 13.0. The first-order chi connectivity index (χ1) is 14.2. The number of carbonyl (C=O) groups is 1. The van der Waals surface area contributed by atoms with Gasteiger partial charge in [-0.15, -0.1) is 5.10 Å². The minimum Gasteiger partial charge on any atom is -0.360 e. The van der Waals surface area contributed by atoms with E-state index in [1.165, 1.54) is 0 Å². The van der Waals surface area contributed by atoms with Crippen molar-refractivity contribution in [3.8, 4) is 16.9 Å². The molecule has 2 heterocycles. The van der Waals surface area contributed by atoms with Crippen molar-refractivity contribution in [1.82, 2.24) is 30.7 Å². The van der Waals surface area contributed by atoms with Gasteiger partial charge in [0.2, 0.25) is 0 Å². The van der Waals surface area contributed by atoms with Crippen LogP contribution in [0.4, 0.5) is 0 Å². The molecular weight excluding hydrogens is 392 g/mol. The van der Waals surface area contributed by atoms with Gasteiger partial charge in [-0.05, 0) is 28.6 Å². The molecule has 2 aromatic carbocycles. The molecule has 9 heteroatoms. The SMILES string of the molecule is CCc1onc(-c2ccccc2Cl)c1C(=O)NCc1nnnn1-c1ccccc1. The number of para-hydroxylation sites is 1. The van der Waals surface area contributed by atoms with E-state index in [2.05, 4.69) is 26.0 Å². The van der Waals surface area contributed by atoms with Gasteiger partial charge in [0.1, 0.15) is 17.0 Å². The molecule has 0 radical (unpaired) electrons. The zero-order valence-electron chi connectivity index (χ0n) is 15.5. The van der Waals surface area contributed by atoms with E-state index in [0.717, 1.165) is 5.69 Å². The lowest BCUT2D eigenvalue weighted by atomic mass is 10.0. The summed E-state index contributed by atoms with van der Waals surface area (Å²) >= 11 is 6.29. The van der Waals surface area contributed by atoms with Crippen LogP contribution in [0.25, 0.3) is 16.9 Å². The van der Waals surface area contributed by atoms with Crippen LogP contribution >= 0.6 is 11.6 Å². The highest BCUT2D eigenvalue weighted by Gasteiger charge is 2.24. The Bertz CT molecular complexity index is 1140. The van der Waals surface area contributed by atoms with E-state index < -0.39 is 0 Å². The van der Waals surface area contributed by atoms with Gasteiger partial charge in [0, 0.05) is 12.0 Å². The fraction of sp³-hybridized carbons (Fsp3) is 0.150. The van der Waals surface area contributed by atoms with E-state index in [4.69, 9.17) is 16.1 Å². The molecule has 0 fully saturated rings. The van der Waals surface area contributed by atoms with Gasteiger partial charge in [-0.25, -0.2) is 0 Å². The van der Waals surface area contributed by atoms with Gasteiger partial charge < -0.3 is 9.84 Å². The number of benzene rings is 2. The van der Waals surface area contributed by atoms with Crippen molar-refractivity contribution in [2.75, 3.05) is 0 Å². The molecule has 0 atom stereocenters. The van der Waals surface area contributed by atoms with Crippen LogP contribution in [0.1, 0.15) is 28.9 Å². The van der Waals surface area contributed by atoms with Gasteiger partial charge in [0.05, 0.1) is 17.3 Å². The fourth-order valence-electron chi connectivity index (χ4n) is 2.97. The third-order valence-electron chi connectivity index (χ3n) is 4.38. The second-order valence-electron chi connectivity index (χ2n) is 6.19. The van der Waals surface area contributed by atoms with E-state index in [1.807, 2.05) is 49.4 Å². The lowest BCUT2D eigenvalue weighted by molar-refractivity contribution is 0.0948. The van der Waals surface area contributed by atoms with Crippen molar-refractivity contribution in [3.63, 3.8) is 0 Å². The summed E-state index contributed by atoms with van der Waals surface area (Å²) in [5.74, 6) is 0.652. The van der Waals surface area contributed by atoms with Crippen LogP contribution in [0.15, 0.2) is 59.1 Å². The van der Waals surface area contributed by atoms with E-state index >= 15 is 0 Å². The average Bonchev–Trinajstić information content (AvgIpc) is 3.40. The Morgan fingerprint density at radius 1 is 1.14 bits per heavy atom. The number of tetrazole rings is 1. The molecule has 0 spiro atoms. The maximum absolute atomic E-state index is 13.0. The predicted molar refractivity (Wildman–Crippen MR) is 107 cm³/mol. The molecule has 0 bridgehead atoms. The normalized spacial score (nSPS) is 10.8. The standard InChI is InChI=1S/C20H17ClN6O2/c1-2-16-18(19(24-29-16)14-10-6-7-11-15(14)21)20(28)22-12-17-23-25-26-27(17)13-8-4-3-5-9-13/h3-11H,2,12H2,1H3,(H,22,28). The Kier molecular flexibility index (Phi) is 5.35.